The predicted octanol–water partition coefficient (Wildman–Crippen LogP) is 5.92. The van der Waals surface area contributed by atoms with Crippen molar-refractivity contribution in [3.05, 3.63) is 144 Å². The van der Waals surface area contributed by atoms with Crippen molar-refractivity contribution in [3.8, 4) is 0 Å². The molecule has 0 heterocycles. The summed E-state index contributed by atoms with van der Waals surface area (Å²) in [6.07, 6.45) is -2.85. The van der Waals surface area contributed by atoms with E-state index in [1.807, 2.05) is 91.0 Å². The van der Waals surface area contributed by atoms with Gasteiger partial charge in [-0.2, -0.15) is 0 Å². The molecule has 7 nitrogen and oxygen atoms in total. The van der Waals surface area contributed by atoms with Crippen LogP contribution in [0.25, 0.3) is 0 Å². The van der Waals surface area contributed by atoms with Gasteiger partial charge in [-0.15, -0.1) is 0 Å². The van der Waals surface area contributed by atoms with Crippen molar-refractivity contribution < 1.29 is 28.6 Å². The average molecular weight is 524 g/mol. The van der Waals surface area contributed by atoms with Crippen molar-refractivity contribution >= 4 is 18.0 Å². The fourth-order valence-corrected chi connectivity index (χ4v) is 3.86. The number of rotatable bonds is 10. The molecule has 0 spiro atoms. The van der Waals surface area contributed by atoms with Crippen molar-refractivity contribution in [2.75, 3.05) is 0 Å². The summed E-state index contributed by atoms with van der Waals surface area (Å²) in [6, 6.07) is 35.3. The van der Waals surface area contributed by atoms with E-state index in [0.29, 0.717) is 5.56 Å². The van der Waals surface area contributed by atoms with Gasteiger partial charge in [0.1, 0.15) is 12.6 Å². The molecule has 4 rings (SSSR count). The minimum Gasteiger partial charge on any atom is -0.450 e. The van der Waals surface area contributed by atoms with Crippen LogP contribution in [-0.2, 0) is 30.4 Å². The molecule has 2 atom stereocenters. The van der Waals surface area contributed by atoms with E-state index in [9.17, 15) is 14.4 Å². The molecule has 0 aliphatic rings. The summed E-state index contributed by atoms with van der Waals surface area (Å²) < 4.78 is 16.8. The number of nitrogens with one attached hydrogen (secondary N) is 1. The maximum absolute atomic E-state index is 13.5. The molecule has 1 unspecified atom stereocenters. The van der Waals surface area contributed by atoms with Gasteiger partial charge in [0.25, 0.3) is 0 Å². The molecule has 0 aliphatic carbocycles. The Bertz CT molecular complexity index is 1310. The zero-order chi connectivity index (χ0) is 27.5. The molecule has 0 radical (unpaired) electrons. The van der Waals surface area contributed by atoms with Gasteiger partial charge in [0, 0.05) is 5.56 Å². The van der Waals surface area contributed by atoms with E-state index in [1.54, 1.807) is 30.3 Å². The molecule has 0 fully saturated rings. The molecule has 1 N–H and O–H groups in total. The van der Waals surface area contributed by atoms with Gasteiger partial charge in [0.15, 0.2) is 6.10 Å². The second-order valence-corrected chi connectivity index (χ2v) is 8.79. The maximum Gasteiger partial charge on any atom is 0.408 e. The average Bonchev–Trinajstić information content (AvgIpc) is 2.99. The zero-order valence-electron chi connectivity index (χ0n) is 21.4. The fraction of sp³-hybridized carbons (Fsp3) is 0.156. The fourth-order valence-electron chi connectivity index (χ4n) is 3.86. The lowest BCUT2D eigenvalue weighted by Crippen LogP contribution is -2.41. The number of amides is 1. The van der Waals surface area contributed by atoms with Crippen LogP contribution in [0.1, 0.15) is 41.4 Å². The van der Waals surface area contributed by atoms with E-state index in [-0.39, 0.29) is 6.61 Å². The Morgan fingerprint density at radius 2 is 1.08 bits per heavy atom. The first kappa shape index (κ1) is 27.1. The quantitative estimate of drug-likeness (QED) is 0.205. The second kappa shape index (κ2) is 13.6. The zero-order valence-corrected chi connectivity index (χ0v) is 21.4. The molecule has 4 aromatic carbocycles. The molecule has 1 amide bonds. The van der Waals surface area contributed by atoms with Gasteiger partial charge in [-0.05, 0) is 23.6 Å². The highest BCUT2D eigenvalue weighted by Gasteiger charge is 2.32. The Morgan fingerprint density at radius 3 is 1.59 bits per heavy atom. The molecule has 7 heteroatoms. The summed E-state index contributed by atoms with van der Waals surface area (Å²) in [6.45, 7) is 1.50. The van der Waals surface area contributed by atoms with Crippen LogP contribution in [0.2, 0.25) is 0 Å². The van der Waals surface area contributed by atoms with Gasteiger partial charge in [-0.25, -0.2) is 14.4 Å². The summed E-state index contributed by atoms with van der Waals surface area (Å²) in [7, 11) is 0. The number of alkyl carbamates (subject to hydrolysis) is 1. The van der Waals surface area contributed by atoms with E-state index in [1.165, 1.54) is 6.92 Å². The van der Waals surface area contributed by atoms with Crippen molar-refractivity contribution in [1.82, 2.24) is 5.32 Å². The Morgan fingerprint density at radius 1 is 0.615 bits per heavy atom. The van der Waals surface area contributed by atoms with Gasteiger partial charge < -0.3 is 19.5 Å². The first-order valence-electron chi connectivity index (χ1n) is 12.5. The van der Waals surface area contributed by atoms with Crippen LogP contribution in [0.3, 0.4) is 0 Å². The third-order valence-electron chi connectivity index (χ3n) is 5.89. The minimum absolute atomic E-state index is 0.0494. The van der Waals surface area contributed by atoms with Crippen LogP contribution < -0.4 is 5.32 Å². The maximum atomic E-state index is 13.5. The van der Waals surface area contributed by atoms with Crippen molar-refractivity contribution in [3.63, 3.8) is 0 Å². The molecule has 4 aromatic rings. The van der Waals surface area contributed by atoms with Gasteiger partial charge in [0.05, 0.1) is 0 Å². The lowest BCUT2D eigenvalue weighted by atomic mass is 10.0. The molecule has 0 saturated carbocycles. The minimum atomic E-state index is -1.35. The summed E-state index contributed by atoms with van der Waals surface area (Å²) in [4.78, 5) is 38.7. The van der Waals surface area contributed by atoms with Crippen molar-refractivity contribution in [2.24, 2.45) is 0 Å². The topological polar surface area (TPSA) is 90.9 Å². The van der Waals surface area contributed by atoms with Crippen LogP contribution in [0, 0.1) is 0 Å². The monoisotopic (exact) mass is 523 g/mol. The predicted molar refractivity (Wildman–Crippen MR) is 145 cm³/mol. The third-order valence-corrected chi connectivity index (χ3v) is 5.89. The van der Waals surface area contributed by atoms with Crippen LogP contribution >= 0.6 is 0 Å². The highest BCUT2D eigenvalue weighted by molar-refractivity contribution is 5.85. The second-order valence-electron chi connectivity index (χ2n) is 8.79. The number of carbonyl (C=O) groups is 3. The van der Waals surface area contributed by atoms with E-state index < -0.39 is 36.3 Å². The SMILES string of the molecule is C[C@H](NC(=O)OCc1ccccc1)C(=O)OC(C(=O)OC(c1ccccc1)c1ccccc1)c1ccccc1. The first-order chi connectivity index (χ1) is 19.0. The highest BCUT2D eigenvalue weighted by atomic mass is 16.6. The number of hydrogen-bond donors (Lipinski definition) is 1. The lowest BCUT2D eigenvalue weighted by Gasteiger charge is -2.24. The Hall–Kier alpha value is -4.91. The lowest BCUT2D eigenvalue weighted by molar-refractivity contribution is -0.172. The molecule has 0 aliphatic heterocycles. The van der Waals surface area contributed by atoms with Gasteiger partial charge in [-0.1, -0.05) is 121 Å². The molecular formula is C32H29NO6. The molecular weight excluding hydrogens is 494 g/mol. The number of benzene rings is 4. The normalized spacial score (nSPS) is 12.2. The van der Waals surface area contributed by atoms with E-state index >= 15 is 0 Å². The molecule has 0 saturated heterocycles. The molecule has 198 valence electrons. The van der Waals surface area contributed by atoms with Crippen LogP contribution in [0.15, 0.2) is 121 Å². The van der Waals surface area contributed by atoms with E-state index in [2.05, 4.69) is 5.32 Å². The van der Waals surface area contributed by atoms with Gasteiger partial charge in [0.2, 0.25) is 6.10 Å². The van der Waals surface area contributed by atoms with Crippen LogP contribution in [0.5, 0.6) is 0 Å². The highest BCUT2D eigenvalue weighted by Crippen LogP contribution is 2.29. The van der Waals surface area contributed by atoms with Crippen LogP contribution in [-0.4, -0.2) is 24.1 Å². The summed E-state index contributed by atoms with van der Waals surface area (Å²) >= 11 is 0. The third kappa shape index (κ3) is 7.79. The first-order valence-corrected chi connectivity index (χ1v) is 12.5. The van der Waals surface area contributed by atoms with Crippen molar-refractivity contribution in [2.45, 2.75) is 31.8 Å². The Labute approximate surface area is 227 Å². The van der Waals surface area contributed by atoms with Crippen LogP contribution in [0.4, 0.5) is 4.79 Å². The van der Waals surface area contributed by atoms with E-state index in [0.717, 1.165) is 16.7 Å². The summed E-state index contributed by atoms with van der Waals surface area (Å²) in [5.41, 5.74) is 2.79. The van der Waals surface area contributed by atoms with E-state index in [4.69, 9.17) is 14.2 Å². The number of carbonyl (C=O) groups excluding carboxylic acids is 3. The number of hydrogen-bond acceptors (Lipinski definition) is 6. The smallest absolute Gasteiger partial charge is 0.408 e. The molecule has 0 aromatic heterocycles. The number of esters is 2. The van der Waals surface area contributed by atoms with Gasteiger partial charge >= 0.3 is 18.0 Å². The Balaban J connectivity index is 1.47. The van der Waals surface area contributed by atoms with Crippen molar-refractivity contribution in [1.29, 1.82) is 0 Å². The number of ether oxygens (including phenoxy) is 3. The largest absolute Gasteiger partial charge is 0.450 e. The summed E-state index contributed by atoms with van der Waals surface area (Å²) in [5.74, 6) is -1.56. The molecule has 39 heavy (non-hydrogen) atoms. The molecule has 0 bridgehead atoms. The standard InChI is InChI=1S/C32H29NO6/c1-23(33-32(36)37-22-24-14-6-2-7-15-24)30(34)39-29(27-20-12-5-13-21-27)31(35)38-28(25-16-8-3-9-17-25)26-18-10-4-11-19-26/h2-21,23,28-29H,22H2,1H3,(H,33,36)/t23-,29?/m0/s1. The van der Waals surface area contributed by atoms with Gasteiger partial charge in [-0.3, -0.25) is 0 Å². The summed E-state index contributed by atoms with van der Waals surface area (Å²) in [5, 5.41) is 2.45. The Kier molecular flexibility index (Phi) is 9.45.